The number of nitrogens with zero attached hydrogens (tertiary/aromatic N) is 2. The first-order valence-electron chi connectivity index (χ1n) is 6.50. The van der Waals surface area contributed by atoms with Gasteiger partial charge in [-0.2, -0.15) is 0 Å². The van der Waals surface area contributed by atoms with Gasteiger partial charge in [0.2, 0.25) is 0 Å². The van der Waals surface area contributed by atoms with Crippen LogP contribution >= 0.6 is 0 Å². The van der Waals surface area contributed by atoms with Crippen molar-refractivity contribution in [2.24, 2.45) is 0 Å². The number of methoxy groups -OCH3 is 1. The molecule has 0 radical (unpaired) electrons. The van der Waals surface area contributed by atoms with E-state index in [2.05, 4.69) is 4.98 Å². The largest absolute Gasteiger partial charge is 0.487 e. The molecule has 0 aliphatic rings. The Labute approximate surface area is 121 Å². The predicted octanol–water partition coefficient (Wildman–Crippen LogP) is 2.70. The van der Waals surface area contributed by atoms with Crippen LogP contribution in [0.5, 0.6) is 5.75 Å². The van der Waals surface area contributed by atoms with Crippen molar-refractivity contribution in [3.63, 3.8) is 0 Å². The topological polar surface area (TPSA) is 52.8 Å². The molecule has 0 N–H and O–H groups in total. The Bertz CT molecular complexity index is 766. The molecule has 3 aromatic rings. The number of hydrogen-bond donors (Lipinski definition) is 0. The SMILES string of the molecule is COC(=O)c1ccn2c(COc3ccccc3)cnc2c1. The highest BCUT2D eigenvalue weighted by Gasteiger charge is 2.09. The molecular weight excluding hydrogens is 268 g/mol. The van der Waals surface area contributed by atoms with Gasteiger partial charge in [0.25, 0.3) is 0 Å². The second kappa shape index (κ2) is 5.66. The fourth-order valence-electron chi connectivity index (χ4n) is 2.06. The van der Waals surface area contributed by atoms with E-state index in [9.17, 15) is 4.79 Å². The lowest BCUT2D eigenvalue weighted by atomic mass is 10.2. The Morgan fingerprint density at radius 1 is 1.24 bits per heavy atom. The molecular formula is C16H14N2O3. The van der Waals surface area contributed by atoms with Crippen LogP contribution in [0, 0.1) is 0 Å². The van der Waals surface area contributed by atoms with Gasteiger partial charge in [0, 0.05) is 6.20 Å². The van der Waals surface area contributed by atoms with Gasteiger partial charge in [0.1, 0.15) is 18.0 Å². The van der Waals surface area contributed by atoms with Crippen LogP contribution in [0.3, 0.4) is 0 Å². The Morgan fingerprint density at radius 3 is 2.81 bits per heavy atom. The first-order chi connectivity index (χ1) is 10.3. The average molecular weight is 282 g/mol. The lowest BCUT2D eigenvalue weighted by Gasteiger charge is -2.06. The zero-order valence-corrected chi connectivity index (χ0v) is 11.5. The van der Waals surface area contributed by atoms with E-state index in [0.717, 1.165) is 11.4 Å². The summed E-state index contributed by atoms with van der Waals surface area (Å²) in [4.78, 5) is 15.8. The maximum Gasteiger partial charge on any atom is 0.338 e. The minimum atomic E-state index is -0.373. The van der Waals surface area contributed by atoms with Crippen molar-refractivity contribution in [3.05, 3.63) is 66.1 Å². The van der Waals surface area contributed by atoms with Gasteiger partial charge in [0.15, 0.2) is 0 Å². The lowest BCUT2D eigenvalue weighted by molar-refractivity contribution is 0.0600. The standard InChI is InChI=1S/C16H14N2O3/c1-20-16(19)12-7-8-18-13(10-17-15(18)9-12)11-21-14-5-3-2-4-6-14/h2-10H,11H2,1H3. The minimum Gasteiger partial charge on any atom is -0.487 e. The highest BCUT2D eigenvalue weighted by molar-refractivity contribution is 5.90. The Morgan fingerprint density at radius 2 is 2.05 bits per heavy atom. The van der Waals surface area contributed by atoms with Gasteiger partial charge in [0.05, 0.1) is 24.6 Å². The third kappa shape index (κ3) is 2.72. The maximum atomic E-state index is 11.5. The molecule has 0 saturated heterocycles. The lowest BCUT2D eigenvalue weighted by Crippen LogP contribution is -2.03. The first-order valence-corrected chi connectivity index (χ1v) is 6.50. The first kappa shape index (κ1) is 13.2. The highest BCUT2D eigenvalue weighted by atomic mass is 16.5. The van der Waals surface area contributed by atoms with Crippen LogP contribution in [0.1, 0.15) is 16.1 Å². The third-order valence-corrected chi connectivity index (χ3v) is 3.14. The van der Waals surface area contributed by atoms with Gasteiger partial charge >= 0.3 is 5.97 Å². The van der Waals surface area contributed by atoms with Gasteiger partial charge in [-0.25, -0.2) is 9.78 Å². The molecule has 0 unspecified atom stereocenters. The summed E-state index contributed by atoms with van der Waals surface area (Å²) in [6.07, 6.45) is 3.53. The number of fused-ring (bicyclic) bond motifs is 1. The second-order valence-corrected chi connectivity index (χ2v) is 4.49. The number of aromatic nitrogens is 2. The van der Waals surface area contributed by atoms with Crippen molar-refractivity contribution >= 4 is 11.6 Å². The predicted molar refractivity (Wildman–Crippen MR) is 77.3 cm³/mol. The van der Waals surface area contributed by atoms with E-state index in [4.69, 9.17) is 9.47 Å². The van der Waals surface area contributed by atoms with Crippen molar-refractivity contribution in [3.8, 4) is 5.75 Å². The molecule has 0 fully saturated rings. The summed E-state index contributed by atoms with van der Waals surface area (Å²) in [7, 11) is 1.36. The number of pyridine rings is 1. The van der Waals surface area contributed by atoms with Crippen molar-refractivity contribution in [1.29, 1.82) is 0 Å². The van der Waals surface area contributed by atoms with E-state index >= 15 is 0 Å². The van der Waals surface area contributed by atoms with Crippen molar-refractivity contribution in [2.75, 3.05) is 7.11 Å². The van der Waals surface area contributed by atoms with Gasteiger partial charge < -0.3 is 13.9 Å². The molecule has 21 heavy (non-hydrogen) atoms. The van der Waals surface area contributed by atoms with Gasteiger partial charge in [-0.3, -0.25) is 0 Å². The van der Waals surface area contributed by atoms with E-state index in [1.807, 2.05) is 34.7 Å². The zero-order chi connectivity index (χ0) is 14.7. The van der Waals surface area contributed by atoms with Crippen molar-refractivity contribution in [2.45, 2.75) is 6.61 Å². The number of benzene rings is 1. The van der Waals surface area contributed by atoms with Crippen LogP contribution in [-0.2, 0) is 11.3 Å². The molecule has 5 nitrogen and oxygen atoms in total. The smallest absolute Gasteiger partial charge is 0.338 e. The summed E-state index contributed by atoms with van der Waals surface area (Å²) < 4.78 is 12.3. The van der Waals surface area contributed by atoms with Crippen molar-refractivity contribution in [1.82, 2.24) is 9.38 Å². The van der Waals surface area contributed by atoms with Gasteiger partial charge in [-0.1, -0.05) is 18.2 Å². The van der Waals surface area contributed by atoms with Gasteiger partial charge in [-0.05, 0) is 24.3 Å². The minimum absolute atomic E-state index is 0.373. The van der Waals surface area contributed by atoms with E-state index in [1.54, 1.807) is 24.5 Å². The Hall–Kier alpha value is -2.82. The molecule has 0 saturated carbocycles. The molecule has 0 amide bonds. The molecule has 0 aliphatic carbocycles. The number of carbonyl (C=O) groups is 1. The monoisotopic (exact) mass is 282 g/mol. The van der Waals surface area contributed by atoms with Crippen LogP contribution in [0.15, 0.2) is 54.9 Å². The van der Waals surface area contributed by atoms with Crippen LogP contribution in [0.25, 0.3) is 5.65 Å². The summed E-state index contributed by atoms with van der Waals surface area (Å²) in [5.74, 6) is 0.432. The van der Waals surface area contributed by atoms with Crippen LogP contribution in [0.2, 0.25) is 0 Å². The summed E-state index contributed by atoms with van der Waals surface area (Å²) in [5, 5.41) is 0. The normalized spacial score (nSPS) is 10.5. The summed E-state index contributed by atoms with van der Waals surface area (Å²) in [5.41, 5.74) is 2.07. The summed E-state index contributed by atoms with van der Waals surface area (Å²) in [6, 6.07) is 13.0. The number of ether oxygens (including phenoxy) is 2. The third-order valence-electron chi connectivity index (χ3n) is 3.14. The number of imidazole rings is 1. The zero-order valence-electron chi connectivity index (χ0n) is 11.5. The molecule has 106 valence electrons. The maximum absolute atomic E-state index is 11.5. The average Bonchev–Trinajstić information content (AvgIpc) is 2.95. The summed E-state index contributed by atoms with van der Waals surface area (Å²) >= 11 is 0. The fourth-order valence-corrected chi connectivity index (χ4v) is 2.06. The Kier molecular flexibility index (Phi) is 3.55. The van der Waals surface area contributed by atoms with E-state index in [-0.39, 0.29) is 5.97 Å². The van der Waals surface area contributed by atoms with E-state index in [1.165, 1.54) is 7.11 Å². The number of rotatable bonds is 4. The Balaban J connectivity index is 1.82. The molecule has 0 bridgehead atoms. The fraction of sp³-hybridized carbons (Fsp3) is 0.125. The molecule has 0 spiro atoms. The number of esters is 1. The van der Waals surface area contributed by atoms with Crippen LogP contribution in [-0.4, -0.2) is 22.5 Å². The molecule has 0 atom stereocenters. The number of hydrogen-bond acceptors (Lipinski definition) is 4. The number of para-hydroxylation sites is 1. The number of carbonyl (C=O) groups excluding carboxylic acids is 1. The quantitative estimate of drug-likeness (QED) is 0.690. The molecule has 1 aromatic carbocycles. The molecule has 0 aliphatic heterocycles. The molecule has 3 rings (SSSR count). The highest BCUT2D eigenvalue weighted by Crippen LogP contribution is 2.14. The molecule has 2 aromatic heterocycles. The summed E-state index contributed by atoms with van der Waals surface area (Å²) in [6.45, 7) is 0.406. The van der Waals surface area contributed by atoms with Crippen molar-refractivity contribution < 1.29 is 14.3 Å². The molecule has 5 heteroatoms. The molecule has 2 heterocycles. The second-order valence-electron chi connectivity index (χ2n) is 4.49. The van der Waals surface area contributed by atoms with E-state index < -0.39 is 0 Å². The van der Waals surface area contributed by atoms with Crippen LogP contribution in [0.4, 0.5) is 0 Å². The van der Waals surface area contributed by atoms with E-state index in [0.29, 0.717) is 17.8 Å². The van der Waals surface area contributed by atoms with Crippen LogP contribution < -0.4 is 4.74 Å². The van der Waals surface area contributed by atoms with Gasteiger partial charge in [-0.15, -0.1) is 0 Å².